The number of ether oxygens (including phenoxy) is 1. The molecule has 94 valence electrons. The summed E-state index contributed by atoms with van der Waals surface area (Å²) in [6.07, 6.45) is 1.14. The molecule has 0 bridgehead atoms. The number of rotatable bonds is 7. The van der Waals surface area contributed by atoms with E-state index in [1.807, 2.05) is 24.3 Å². The Kier molecular flexibility index (Phi) is 7.10. The molecule has 4 heteroatoms. The average molecular weight is 274 g/mol. The van der Waals surface area contributed by atoms with Crippen LogP contribution in [-0.4, -0.2) is 13.2 Å². The van der Waals surface area contributed by atoms with Gasteiger partial charge in [0.1, 0.15) is 12.4 Å². The van der Waals surface area contributed by atoms with Crippen molar-refractivity contribution < 1.29 is 4.74 Å². The van der Waals surface area contributed by atoms with Crippen LogP contribution < -0.4 is 10.1 Å². The molecule has 0 unspecified atom stereocenters. The van der Waals surface area contributed by atoms with Gasteiger partial charge in [-0.3, -0.25) is 0 Å². The summed E-state index contributed by atoms with van der Waals surface area (Å²) in [5.41, 5.74) is 2.55. The number of hydrogen-bond donors (Lipinski definition) is 1. The Hall–Kier alpha value is -0.700. The SMILES string of the molecule is CCCNCc1ccc(OCC(Cl)=CCl)cc1. The minimum Gasteiger partial charge on any atom is -0.488 e. The first-order chi connectivity index (χ1) is 8.26. The first-order valence-corrected chi connectivity index (χ1v) is 6.45. The van der Waals surface area contributed by atoms with Gasteiger partial charge in [0.15, 0.2) is 0 Å². The monoisotopic (exact) mass is 273 g/mol. The van der Waals surface area contributed by atoms with E-state index in [1.165, 1.54) is 11.1 Å². The predicted molar refractivity (Wildman–Crippen MR) is 73.7 cm³/mol. The Labute approximate surface area is 113 Å². The van der Waals surface area contributed by atoms with Crippen LogP contribution in [0, 0.1) is 0 Å². The number of hydrogen-bond acceptors (Lipinski definition) is 2. The number of halogens is 2. The van der Waals surface area contributed by atoms with E-state index in [1.54, 1.807) is 0 Å². The second-order valence-corrected chi connectivity index (χ2v) is 4.37. The molecule has 0 aliphatic carbocycles. The zero-order chi connectivity index (χ0) is 12.5. The highest BCUT2D eigenvalue weighted by atomic mass is 35.5. The highest BCUT2D eigenvalue weighted by Crippen LogP contribution is 2.14. The molecule has 0 heterocycles. The van der Waals surface area contributed by atoms with Gasteiger partial charge in [0, 0.05) is 12.1 Å². The summed E-state index contributed by atoms with van der Waals surface area (Å²) in [6, 6.07) is 7.94. The highest BCUT2D eigenvalue weighted by Gasteiger charge is 1.97. The Balaban J connectivity index is 2.39. The zero-order valence-corrected chi connectivity index (χ0v) is 11.4. The first kappa shape index (κ1) is 14.4. The maximum Gasteiger partial charge on any atom is 0.125 e. The van der Waals surface area contributed by atoms with Gasteiger partial charge < -0.3 is 10.1 Å². The molecule has 0 aromatic heterocycles. The van der Waals surface area contributed by atoms with Crippen LogP contribution in [0.5, 0.6) is 5.75 Å². The fourth-order valence-corrected chi connectivity index (χ4v) is 1.41. The minimum absolute atomic E-state index is 0.304. The van der Waals surface area contributed by atoms with E-state index < -0.39 is 0 Å². The molecule has 17 heavy (non-hydrogen) atoms. The van der Waals surface area contributed by atoms with Crippen molar-refractivity contribution >= 4 is 23.2 Å². The first-order valence-electron chi connectivity index (χ1n) is 5.63. The van der Waals surface area contributed by atoms with E-state index in [-0.39, 0.29) is 0 Å². The zero-order valence-electron chi connectivity index (χ0n) is 9.88. The van der Waals surface area contributed by atoms with Gasteiger partial charge in [0.05, 0.1) is 5.03 Å². The lowest BCUT2D eigenvalue weighted by Crippen LogP contribution is -2.13. The molecule has 0 radical (unpaired) electrons. The fourth-order valence-electron chi connectivity index (χ4n) is 1.30. The molecule has 0 aliphatic heterocycles. The molecule has 0 spiro atoms. The summed E-state index contributed by atoms with van der Waals surface area (Å²) in [7, 11) is 0. The van der Waals surface area contributed by atoms with Crippen LogP contribution in [0.4, 0.5) is 0 Å². The van der Waals surface area contributed by atoms with Crippen molar-refractivity contribution in [2.24, 2.45) is 0 Å². The summed E-state index contributed by atoms with van der Waals surface area (Å²) < 4.78 is 5.43. The van der Waals surface area contributed by atoms with Gasteiger partial charge in [-0.25, -0.2) is 0 Å². The molecule has 1 N–H and O–H groups in total. The molecule has 2 nitrogen and oxygen atoms in total. The number of nitrogens with one attached hydrogen (secondary N) is 1. The second kappa shape index (κ2) is 8.40. The molecule has 1 rings (SSSR count). The van der Waals surface area contributed by atoms with E-state index in [9.17, 15) is 0 Å². The quantitative estimate of drug-likeness (QED) is 0.762. The maximum atomic E-state index is 5.73. The molecule has 0 amide bonds. The third kappa shape index (κ3) is 5.97. The summed E-state index contributed by atoms with van der Waals surface area (Å²) in [5, 5.41) is 3.83. The van der Waals surface area contributed by atoms with Gasteiger partial charge in [-0.1, -0.05) is 42.3 Å². The topological polar surface area (TPSA) is 21.3 Å². The molecule has 1 aromatic rings. The second-order valence-electron chi connectivity index (χ2n) is 3.67. The average Bonchev–Trinajstić information content (AvgIpc) is 2.37. The smallest absolute Gasteiger partial charge is 0.125 e. The lowest BCUT2D eigenvalue weighted by Gasteiger charge is -2.07. The van der Waals surface area contributed by atoms with Gasteiger partial charge in [0.25, 0.3) is 0 Å². The van der Waals surface area contributed by atoms with Crippen molar-refractivity contribution in [2.75, 3.05) is 13.2 Å². The molecule has 0 atom stereocenters. The highest BCUT2D eigenvalue weighted by molar-refractivity contribution is 6.36. The molecular formula is C13H17Cl2NO. The van der Waals surface area contributed by atoms with Crippen LogP contribution in [0.1, 0.15) is 18.9 Å². The third-order valence-electron chi connectivity index (χ3n) is 2.17. The molecular weight excluding hydrogens is 257 g/mol. The van der Waals surface area contributed by atoms with Gasteiger partial charge in [-0.2, -0.15) is 0 Å². The molecule has 1 aromatic carbocycles. The third-order valence-corrected chi connectivity index (χ3v) is 2.77. The van der Waals surface area contributed by atoms with E-state index in [4.69, 9.17) is 27.9 Å². The Morgan fingerprint density at radius 2 is 2.06 bits per heavy atom. The van der Waals surface area contributed by atoms with Gasteiger partial charge in [-0.15, -0.1) is 0 Å². The Morgan fingerprint density at radius 3 is 2.65 bits per heavy atom. The van der Waals surface area contributed by atoms with Crippen molar-refractivity contribution in [3.63, 3.8) is 0 Å². The van der Waals surface area contributed by atoms with E-state index in [2.05, 4.69) is 12.2 Å². The van der Waals surface area contributed by atoms with Crippen molar-refractivity contribution in [2.45, 2.75) is 19.9 Å². The maximum absolute atomic E-state index is 5.73. The molecule has 0 saturated carbocycles. The van der Waals surface area contributed by atoms with Crippen LogP contribution in [0.3, 0.4) is 0 Å². The Morgan fingerprint density at radius 1 is 1.35 bits per heavy atom. The fraction of sp³-hybridized carbons (Fsp3) is 0.385. The van der Waals surface area contributed by atoms with Crippen molar-refractivity contribution in [1.82, 2.24) is 5.32 Å². The van der Waals surface area contributed by atoms with E-state index in [0.29, 0.717) is 11.6 Å². The van der Waals surface area contributed by atoms with Gasteiger partial charge in [-0.05, 0) is 30.7 Å². The normalized spacial score (nSPS) is 11.6. The Bertz CT molecular complexity index is 349. The van der Waals surface area contributed by atoms with Crippen LogP contribution in [0.25, 0.3) is 0 Å². The number of benzene rings is 1. The van der Waals surface area contributed by atoms with Crippen LogP contribution in [-0.2, 0) is 6.54 Å². The lowest BCUT2D eigenvalue weighted by molar-refractivity contribution is 0.359. The molecule has 0 fully saturated rings. The molecule has 0 saturated heterocycles. The van der Waals surface area contributed by atoms with Crippen LogP contribution in [0.15, 0.2) is 34.8 Å². The van der Waals surface area contributed by atoms with Gasteiger partial charge in [0.2, 0.25) is 0 Å². The largest absolute Gasteiger partial charge is 0.488 e. The summed E-state index contributed by atoms with van der Waals surface area (Å²) >= 11 is 11.2. The predicted octanol–water partition coefficient (Wildman–Crippen LogP) is 3.88. The standard InChI is InChI=1S/C13H17Cl2NO/c1-2-7-16-9-11-3-5-13(6-4-11)17-10-12(15)8-14/h3-6,8,16H,2,7,9-10H2,1H3. The summed E-state index contributed by atoms with van der Waals surface area (Å²) in [4.78, 5) is 0. The minimum atomic E-state index is 0.304. The summed E-state index contributed by atoms with van der Waals surface area (Å²) in [5.74, 6) is 0.793. The van der Waals surface area contributed by atoms with Crippen molar-refractivity contribution in [3.8, 4) is 5.75 Å². The van der Waals surface area contributed by atoms with Crippen LogP contribution >= 0.6 is 23.2 Å². The molecule has 0 aliphatic rings. The van der Waals surface area contributed by atoms with Crippen LogP contribution in [0.2, 0.25) is 0 Å². The van der Waals surface area contributed by atoms with E-state index in [0.717, 1.165) is 25.3 Å². The summed E-state index contributed by atoms with van der Waals surface area (Å²) in [6.45, 7) is 4.38. The lowest BCUT2D eigenvalue weighted by atomic mass is 10.2. The van der Waals surface area contributed by atoms with Crippen molar-refractivity contribution in [3.05, 3.63) is 40.4 Å². The van der Waals surface area contributed by atoms with Crippen molar-refractivity contribution in [1.29, 1.82) is 0 Å². The van der Waals surface area contributed by atoms with E-state index >= 15 is 0 Å². The van der Waals surface area contributed by atoms with Gasteiger partial charge >= 0.3 is 0 Å².